The molecule has 1 saturated heterocycles. The van der Waals surface area contributed by atoms with Crippen LogP contribution in [-0.2, 0) is 34.9 Å². The minimum Gasteiger partial charge on any atom is -1.00 e. The molecule has 6 rings (SSSR count). The second kappa shape index (κ2) is 22.4. The normalized spacial score (nSPS) is 14.1. The van der Waals surface area contributed by atoms with Crippen molar-refractivity contribution in [1.82, 2.24) is 4.57 Å². The Morgan fingerprint density at radius 2 is 0.981 bits per heavy atom. The van der Waals surface area contributed by atoms with Crippen LogP contribution >= 0.6 is 0 Å². The third-order valence-corrected chi connectivity index (χ3v) is 9.73. The zero-order valence-corrected chi connectivity index (χ0v) is 37.2. The van der Waals surface area contributed by atoms with E-state index in [1.54, 1.807) is 0 Å². The summed E-state index contributed by atoms with van der Waals surface area (Å²) in [4.78, 5) is 0. The van der Waals surface area contributed by atoms with Gasteiger partial charge in [-0.2, -0.15) is 0 Å². The third kappa shape index (κ3) is 12.8. The van der Waals surface area contributed by atoms with Crippen molar-refractivity contribution in [3.05, 3.63) is 108 Å². The number of quaternary nitrogens is 1. The number of fused-ring (bicyclic) bond motifs is 3. The highest BCUT2D eigenvalue weighted by atomic mass is 127. The Kier molecular flexibility index (Phi) is 19.2. The van der Waals surface area contributed by atoms with Crippen LogP contribution in [-0.4, -0.2) is 75.4 Å². The molecule has 0 bridgehead atoms. The van der Waals surface area contributed by atoms with Crippen molar-refractivity contribution in [3.8, 4) is 0 Å². The second-order valence-electron chi connectivity index (χ2n) is 13.7. The standard InChI is InChI=1S/C42H53N4O3.3HI/c1-43-19-15-35(16-20-43)7-9-37-11-13-41-39(33-37)40-34-38(10-8-36-17-21-44(2)22-18-36)12-14-42(40)45(41)23-27-47-29-31-49-32-30-48-28-26-46(3)24-5-4-6-25-46;;;/h7-22,33-34H,4-6,23-32H2,1-3H3;3*1H/q+3;;;/p-3. The van der Waals surface area contributed by atoms with Crippen LogP contribution in [0.3, 0.4) is 0 Å². The molecule has 0 radical (unpaired) electrons. The van der Waals surface area contributed by atoms with Gasteiger partial charge in [0.05, 0.1) is 59.8 Å². The van der Waals surface area contributed by atoms with E-state index in [9.17, 15) is 0 Å². The minimum absolute atomic E-state index is 0. The van der Waals surface area contributed by atoms with Gasteiger partial charge in [0.2, 0.25) is 0 Å². The van der Waals surface area contributed by atoms with Crippen molar-refractivity contribution in [2.45, 2.75) is 25.8 Å². The highest BCUT2D eigenvalue weighted by molar-refractivity contribution is 6.09. The van der Waals surface area contributed by atoms with E-state index in [1.807, 2.05) is 23.2 Å². The number of likely N-dealkylation sites (N-methyl/N-ethyl adjacent to an activating group) is 1. The molecule has 1 aliphatic heterocycles. The van der Waals surface area contributed by atoms with Crippen molar-refractivity contribution >= 4 is 46.1 Å². The highest BCUT2D eigenvalue weighted by Crippen LogP contribution is 2.32. The summed E-state index contributed by atoms with van der Waals surface area (Å²) < 4.78 is 25.4. The summed E-state index contributed by atoms with van der Waals surface area (Å²) in [6.07, 6.45) is 21.1. The molecule has 0 atom stereocenters. The lowest BCUT2D eigenvalue weighted by atomic mass is 10.1. The Balaban J connectivity index is 0.00000243. The number of halogens is 3. The van der Waals surface area contributed by atoms with Crippen LogP contribution in [0.2, 0.25) is 0 Å². The first-order valence-corrected chi connectivity index (χ1v) is 17.9. The van der Waals surface area contributed by atoms with Gasteiger partial charge in [0, 0.05) is 52.6 Å². The van der Waals surface area contributed by atoms with Crippen molar-refractivity contribution in [1.29, 1.82) is 0 Å². The molecule has 0 saturated carbocycles. The lowest BCUT2D eigenvalue weighted by molar-refractivity contribution is -0.914. The van der Waals surface area contributed by atoms with Crippen LogP contribution in [0.5, 0.6) is 0 Å². The maximum atomic E-state index is 6.05. The first-order valence-electron chi connectivity index (χ1n) is 17.9. The Morgan fingerprint density at radius 1 is 0.558 bits per heavy atom. The second-order valence-corrected chi connectivity index (χ2v) is 13.7. The number of benzene rings is 2. The molecule has 280 valence electrons. The number of rotatable bonds is 16. The quantitative estimate of drug-likeness (QED) is 0.0475. The number of pyridine rings is 2. The van der Waals surface area contributed by atoms with Gasteiger partial charge in [0.25, 0.3) is 0 Å². The predicted molar refractivity (Wildman–Crippen MR) is 200 cm³/mol. The van der Waals surface area contributed by atoms with Crippen LogP contribution in [0.15, 0.2) is 85.5 Å². The predicted octanol–water partition coefficient (Wildman–Crippen LogP) is -2.52. The maximum Gasteiger partial charge on any atom is 0.169 e. The molecule has 0 unspecified atom stereocenters. The summed E-state index contributed by atoms with van der Waals surface area (Å²) in [6.45, 7) is 8.27. The van der Waals surface area contributed by atoms with E-state index in [-0.39, 0.29) is 71.9 Å². The number of hydrogen-bond donors (Lipinski definition) is 0. The molecule has 4 heterocycles. The monoisotopic (exact) mass is 1040 g/mol. The highest BCUT2D eigenvalue weighted by Gasteiger charge is 2.23. The summed E-state index contributed by atoms with van der Waals surface area (Å²) in [5.74, 6) is 0. The van der Waals surface area contributed by atoms with Crippen LogP contribution in [0, 0.1) is 0 Å². The number of piperidine rings is 1. The van der Waals surface area contributed by atoms with E-state index in [1.165, 1.54) is 76.4 Å². The smallest absolute Gasteiger partial charge is 0.169 e. The molecule has 52 heavy (non-hydrogen) atoms. The van der Waals surface area contributed by atoms with Gasteiger partial charge in [0.15, 0.2) is 24.8 Å². The lowest BCUT2D eigenvalue weighted by Crippen LogP contribution is -3.00. The van der Waals surface area contributed by atoms with Crippen molar-refractivity contribution in [3.63, 3.8) is 0 Å². The first kappa shape index (κ1) is 44.4. The molecule has 0 aliphatic carbocycles. The molecule has 7 nitrogen and oxygen atoms in total. The zero-order valence-electron chi connectivity index (χ0n) is 30.7. The van der Waals surface area contributed by atoms with Gasteiger partial charge in [-0.25, -0.2) is 9.13 Å². The van der Waals surface area contributed by atoms with Gasteiger partial charge < -0.3 is 95.2 Å². The molecule has 1 aliphatic rings. The number of nitrogens with zero attached hydrogens (tertiary/aromatic N) is 4. The van der Waals surface area contributed by atoms with Gasteiger partial charge >= 0.3 is 0 Å². The average Bonchev–Trinajstić information content (AvgIpc) is 3.42. The minimum atomic E-state index is 0. The Bertz CT molecular complexity index is 1760. The molecule has 0 amide bonds. The fourth-order valence-electron chi connectivity index (χ4n) is 6.70. The fourth-order valence-corrected chi connectivity index (χ4v) is 6.70. The fraction of sp³-hybridized carbons (Fsp3) is 0.381. The van der Waals surface area contributed by atoms with Gasteiger partial charge in [-0.15, -0.1) is 0 Å². The number of ether oxygens (including phenoxy) is 3. The molecule has 1 fully saturated rings. The Labute approximate surface area is 361 Å². The van der Waals surface area contributed by atoms with Crippen LogP contribution < -0.4 is 81.1 Å². The Morgan fingerprint density at radius 3 is 1.46 bits per heavy atom. The summed E-state index contributed by atoms with van der Waals surface area (Å²) in [5.41, 5.74) is 7.15. The van der Waals surface area contributed by atoms with Gasteiger partial charge in [-0.1, -0.05) is 36.4 Å². The van der Waals surface area contributed by atoms with Gasteiger partial charge in [0.1, 0.15) is 20.6 Å². The first-order chi connectivity index (χ1) is 24.0. The summed E-state index contributed by atoms with van der Waals surface area (Å²) in [5, 5.41) is 2.50. The van der Waals surface area contributed by atoms with E-state index >= 15 is 0 Å². The van der Waals surface area contributed by atoms with E-state index in [4.69, 9.17) is 14.2 Å². The maximum absolute atomic E-state index is 6.05. The van der Waals surface area contributed by atoms with Crippen molar-refractivity contribution < 1.29 is 99.8 Å². The topological polar surface area (TPSA) is 40.4 Å². The lowest BCUT2D eigenvalue weighted by Gasteiger charge is -2.37. The number of hydrogen-bond acceptors (Lipinski definition) is 3. The molecule has 2 aromatic carbocycles. The summed E-state index contributed by atoms with van der Waals surface area (Å²) in [7, 11) is 6.43. The molecule has 5 aromatic rings. The number of aromatic nitrogens is 3. The average molecular weight is 1040 g/mol. The zero-order chi connectivity index (χ0) is 33.9. The van der Waals surface area contributed by atoms with Crippen molar-refractivity contribution in [2.24, 2.45) is 14.1 Å². The third-order valence-electron chi connectivity index (χ3n) is 9.73. The Hall–Kier alpha value is -1.95. The van der Waals surface area contributed by atoms with E-state index < -0.39 is 0 Å². The van der Waals surface area contributed by atoms with Crippen molar-refractivity contribution in [2.75, 3.05) is 66.3 Å². The van der Waals surface area contributed by atoms with E-state index in [2.05, 4.69) is 121 Å². The van der Waals surface area contributed by atoms with Crippen LogP contribution in [0.25, 0.3) is 46.1 Å². The SMILES string of the molecule is C[n+]1ccc(/C=C/c2ccc3c(c2)c2cc(/C=C/c4cc[n+](C)cc4)ccc2n3CCOCCOCCOCC[N+]2(C)CCCCC2)cc1.[I-].[I-].[I-]. The molecular weight excluding hydrogens is 989 g/mol. The number of aryl methyl sites for hydroxylation is 2. The molecule has 3 aromatic heterocycles. The van der Waals surface area contributed by atoms with E-state index in [0.29, 0.717) is 33.0 Å². The molecule has 0 N–H and O–H groups in total. The largest absolute Gasteiger partial charge is 1.00 e. The van der Waals surface area contributed by atoms with E-state index in [0.717, 1.165) is 24.2 Å². The van der Waals surface area contributed by atoms with Crippen LogP contribution in [0.1, 0.15) is 41.5 Å². The summed E-state index contributed by atoms with van der Waals surface area (Å²) in [6, 6.07) is 22.0. The van der Waals surface area contributed by atoms with Crippen LogP contribution in [0.4, 0.5) is 0 Å². The molecular formula is C42H53I3N4O3. The number of likely N-dealkylation sites (tertiary alicyclic amines) is 1. The molecule has 0 spiro atoms. The summed E-state index contributed by atoms with van der Waals surface area (Å²) >= 11 is 0. The van der Waals surface area contributed by atoms with Gasteiger partial charge in [-0.05, 0) is 65.8 Å². The molecule has 10 heteroatoms. The van der Waals surface area contributed by atoms with Gasteiger partial charge in [-0.3, -0.25) is 0 Å².